The molecule has 0 aliphatic heterocycles. The second kappa shape index (κ2) is 7.58. The molecule has 0 aromatic heterocycles. The van der Waals surface area contributed by atoms with Crippen molar-refractivity contribution in [2.75, 3.05) is 0 Å². The molecule has 1 atom stereocenters. The SMILES string of the molecule is CCCC[C@@H](C)CCC(F)(F)c1ccc(Br)c(Cl)c1. The number of rotatable bonds is 7. The van der Waals surface area contributed by atoms with Gasteiger partial charge in [0.05, 0.1) is 5.02 Å². The van der Waals surface area contributed by atoms with Crippen LogP contribution < -0.4 is 0 Å². The Kier molecular flexibility index (Phi) is 6.75. The normalized spacial score (nSPS) is 13.6. The van der Waals surface area contributed by atoms with E-state index in [9.17, 15) is 8.78 Å². The molecule has 0 saturated heterocycles. The van der Waals surface area contributed by atoms with E-state index in [4.69, 9.17) is 11.6 Å². The highest BCUT2D eigenvalue weighted by molar-refractivity contribution is 9.10. The first-order chi connectivity index (χ1) is 8.86. The van der Waals surface area contributed by atoms with Crippen molar-refractivity contribution in [2.24, 2.45) is 5.92 Å². The van der Waals surface area contributed by atoms with Crippen LogP contribution in [0.3, 0.4) is 0 Å². The second-order valence-electron chi connectivity index (χ2n) is 5.12. The van der Waals surface area contributed by atoms with Crippen LogP contribution in [0.4, 0.5) is 8.78 Å². The number of hydrogen-bond acceptors (Lipinski definition) is 0. The largest absolute Gasteiger partial charge is 0.273 e. The van der Waals surface area contributed by atoms with E-state index in [1.807, 2.05) is 6.92 Å². The standard InChI is InChI=1S/C15H20BrClF2/c1-3-4-5-11(2)8-9-15(18,19)12-6-7-13(16)14(17)10-12/h6-7,10-11H,3-5,8-9H2,1-2H3/t11-/m1/s1. The second-order valence-corrected chi connectivity index (χ2v) is 6.38. The molecule has 0 N–H and O–H groups in total. The van der Waals surface area contributed by atoms with Gasteiger partial charge in [0.2, 0.25) is 0 Å². The van der Waals surface area contributed by atoms with E-state index in [1.54, 1.807) is 6.07 Å². The molecule has 0 unspecified atom stereocenters. The summed E-state index contributed by atoms with van der Waals surface area (Å²) in [5.74, 6) is -2.46. The van der Waals surface area contributed by atoms with Crippen LogP contribution in [-0.2, 0) is 5.92 Å². The zero-order valence-electron chi connectivity index (χ0n) is 11.4. The molecular formula is C15H20BrClF2. The van der Waals surface area contributed by atoms with Crippen molar-refractivity contribution in [1.29, 1.82) is 0 Å². The molecule has 0 spiro atoms. The Morgan fingerprint density at radius 3 is 2.58 bits per heavy atom. The van der Waals surface area contributed by atoms with Gasteiger partial charge in [0.15, 0.2) is 0 Å². The van der Waals surface area contributed by atoms with Gasteiger partial charge in [-0.1, -0.05) is 50.8 Å². The Labute approximate surface area is 127 Å². The fourth-order valence-corrected chi connectivity index (χ4v) is 2.42. The van der Waals surface area contributed by atoms with Gasteiger partial charge in [-0.2, -0.15) is 0 Å². The van der Waals surface area contributed by atoms with Crippen LogP contribution >= 0.6 is 27.5 Å². The van der Waals surface area contributed by atoms with Crippen molar-refractivity contribution in [3.8, 4) is 0 Å². The third-order valence-corrected chi connectivity index (χ3v) is 4.58. The van der Waals surface area contributed by atoms with Gasteiger partial charge < -0.3 is 0 Å². The van der Waals surface area contributed by atoms with E-state index in [-0.39, 0.29) is 12.0 Å². The molecule has 1 aromatic rings. The van der Waals surface area contributed by atoms with Gasteiger partial charge >= 0.3 is 0 Å². The van der Waals surface area contributed by atoms with E-state index in [0.717, 1.165) is 19.3 Å². The summed E-state index contributed by atoms with van der Waals surface area (Å²) in [5, 5.41) is 0.330. The molecule has 0 heterocycles. The quantitative estimate of drug-likeness (QED) is 0.505. The molecule has 4 heteroatoms. The van der Waals surface area contributed by atoms with Crippen molar-refractivity contribution in [3.63, 3.8) is 0 Å². The van der Waals surface area contributed by atoms with Crippen LogP contribution in [0, 0.1) is 5.92 Å². The van der Waals surface area contributed by atoms with E-state index in [1.165, 1.54) is 12.1 Å². The summed E-state index contributed by atoms with van der Waals surface area (Å²) < 4.78 is 28.8. The fourth-order valence-electron chi connectivity index (χ4n) is 1.99. The van der Waals surface area contributed by atoms with E-state index < -0.39 is 5.92 Å². The number of hydrogen-bond donors (Lipinski definition) is 0. The maximum absolute atomic E-state index is 14.1. The molecule has 0 amide bonds. The van der Waals surface area contributed by atoms with Gasteiger partial charge in [-0.3, -0.25) is 0 Å². The first-order valence-electron chi connectivity index (χ1n) is 6.70. The topological polar surface area (TPSA) is 0 Å². The van der Waals surface area contributed by atoms with Gasteiger partial charge in [-0.15, -0.1) is 0 Å². The smallest absolute Gasteiger partial charge is 0.201 e. The zero-order chi connectivity index (χ0) is 14.5. The minimum atomic E-state index is -2.80. The van der Waals surface area contributed by atoms with Crippen molar-refractivity contribution >= 4 is 27.5 Å². The summed E-state index contributed by atoms with van der Waals surface area (Å²) in [4.78, 5) is 0. The molecule has 0 aliphatic carbocycles. The average molecular weight is 354 g/mol. The lowest BCUT2D eigenvalue weighted by Gasteiger charge is -2.19. The highest BCUT2D eigenvalue weighted by atomic mass is 79.9. The number of unbranched alkanes of at least 4 members (excludes halogenated alkanes) is 1. The summed E-state index contributed by atoms with van der Waals surface area (Å²) in [6.07, 6.45) is 3.67. The zero-order valence-corrected chi connectivity index (χ0v) is 13.7. The van der Waals surface area contributed by atoms with Gasteiger partial charge in [0, 0.05) is 16.5 Å². The van der Waals surface area contributed by atoms with Crippen LogP contribution in [0.1, 0.15) is 51.5 Å². The van der Waals surface area contributed by atoms with Crippen molar-refractivity contribution in [1.82, 2.24) is 0 Å². The van der Waals surface area contributed by atoms with Crippen LogP contribution in [0.2, 0.25) is 5.02 Å². The number of benzene rings is 1. The maximum atomic E-state index is 14.1. The summed E-state index contributed by atoms with van der Waals surface area (Å²) in [6, 6.07) is 4.36. The van der Waals surface area contributed by atoms with Crippen molar-refractivity contribution < 1.29 is 8.78 Å². The average Bonchev–Trinajstić information content (AvgIpc) is 2.37. The lowest BCUT2D eigenvalue weighted by Crippen LogP contribution is -2.15. The predicted octanol–water partition coefficient (Wildman–Crippen LogP) is 6.80. The Hall–Kier alpha value is -0.150. The summed E-state index contributed by atoms with van der Waals surface area (Å²) in [5.41, 5.74) is 0.00314. The molecule has 108 valence electrons. The van der Waals surface area contributed by atoms with Crippen LogP contribution in [0.15, 0.2) is 22.7 Å². The van der Waals surface area contributed by atoms with Crippen LogP contribution in [0.5, 0.6) is 0 Å². The van der Waals surface area contributed by atoms with E-state index in [0.29, 0.717) is 21.8 Å². The van der Waals surface area contributed by atoms with Crippen molar-refractivity contribution in [3.05, 3.63) is 33.3 Å². The van der Waals surface area contributed by atoms with Crippen molar-refractivity contribution in [2.45, 2.75) is 51.9 Å². The third kappa shape index (κ3) is 5.39. The molecule has 0 saturated carbocycles. The van der Waals surface area contributed by atoms with Gasteiger partial charge in [-0.25, -0.2) is 8.78 Å². The molecule has 1 rings (SSSR count). The Morgan fingerprint density at radius 1 is 1.32 bits per heavy atom. The van der Waals surface area contributed by atoms with Gasteiger partial charge in [0.25, 0.3) is 5.92 Å². The number of alkyl halides is 2. The van der Waals surface area contributed by atoms with Crippen LogP contribution in [0.25, 0.3) is 0 Å². The fraction of sp³-hybridized carbons (Fsp3) is 0.600. The first-order valence-corrected chi connectivity index (χ1v) is 7.87. The molecule has 0 radical (unpaired) electrons. The van der Waals surface area contributed by atoms with Gasteiger partial charge in [-0.05, 0) is 40.4 Å². The lowest BCUT2D eigenvalue weighted by atomic mass is 9.94. The van der Waals surface area contributed by atoms with Crippen LogP contribution in [-0.4, -0.2) is 0 Å². The molecule has 0 nitrogen and oxygen atoms in total. The number of halogens is 4. The predicted molar refractivity (Wildman–Crippen MR) is 81.0 cm³/mol. The summed E-state index contributed by atoms with van der Waals surface area (Å²) >= 11 is 9.08. The minimum absolute atomic E-state index is 0.00314. The minimum Gasteiger partial charge on any atom is -0.201 e. The Bertz CT molecular complexity index is 407. The monoisotopic (exact) mass is 352 g/mol. The molecule has 19 heavy (non-hydrogen) atoms. The summed E-state index contributed by atoms with van der Waals surface area (Å²) in [6.45, 7) is 4.16. The highest BCUT2D eigenvalue weighted by Gasteiger charge is 2.31. The van der Waals surface area contributed by atoms with E-state index in [2.05, 4.69) is 22.9 Å². The molecular weight excluding hydrogens is 334 g/mol. The molecule has 1 aromatic carbocycles. The Balaban J connectivity index is 2.62. The Morgan fingerprint density at radius 2 is 2.00 bits per heavy atom. The highest BCUT2D eigenvalue weighted by Crippen LogP contribution is 2.37. The maximum Gasteiger partial charge on any atom is 0.273 e. The molecule has 0 fully saturated rings. The third-order valence-electron chi connectivity index (χ3n) is 3.34. The van der Waals surface area contributed by atoms with E-state index >= 15 is 0 Å². The molecule has 0 aliphatic rings. The summed E-state index contributed by atoms with van der Waals surface area (Å²) in [7, 11) is 0. The van der Waals surface area contributed by atoms with Gasteiger partial charge in [0.1, 0.15) is 0 Å². The first kappa shape index (κ1) is 16.9. The molecule has 0 bridgehead atoms. The lowest BCUT2D eigenvalue weighted by molar-refractivity contribution is -0.0190.